The molecule has 0 aliphatic heterocycles. The van der Waals surface area contributed by atoms with E-state index in [1.165, 1.54) is 0 Å². The minimum atomic E-state index is -3.50. The third-order valence-corrected chi connectivity index (χ3v) is 3.51. The van der Waals surface area contributed by atoms with Crippen LogP contribution in [0.4, 0.5) is 11.4 Å². The fourth-order valence-electron chi connectivity index (χ4n) is 1.03. The van der Waals surface area contributed by atoms with E-state index in [1.54, 1.807) is 18.2 Å². The molecule has 0 aliphatic rings. The summed E-state index contributed by atoms with van der Waals surface area (Å²) in [5.41, 5.74) is 6.57. The summed E-state index contributed by atoms with van der Waals surface area (Å²) < 4.78 is 28.5. The molecule has 0 atom stereocenters. The van der Waals surface area contributed by atoms with Crippen LogP contribution in [0.25, 0.3) is 0 Å². The average Bonchev–Trinajstić information content (AvgIpc) is 2.19. The third kappa shape index (κ3) is 3.99. The number of hydrogen-bond donors (Lipinski definition) is 3. The molecular formula is C9H14BrN3O2S. The summed E-state index contributed by atoms with van der Waals surface area (Å²) in [7, 11) is -3.50. The van der Waals surface area contributed by atoms with E-state index in [-0.39, 0.29) is 0 Å². The summed E-state index contributed by atoms with van der Waals surface area (Å²) in [5, 5.41) is 0. The van der Waals surface area contributed by atoms with E-state index >= 15 is 0 Å². The summed E-state index contributed by atoms with van der Waals surface area (Å²) >= 11 is 3.23. The first-order chi connectivity index (χ1) is 7.44. The molecule has 0 amide bonds. The standard InChI is InChI=1S/C9H14BrN3O2S/c1-2-5-12-16(14,15)13-9-4-3-7(11)6-8(9)10/h3-4,6,12-13H,2,5,11H2,1H3. The topological polar surface area (TPSA) is 84.2 Å². The quantitative estimate of drug-likeness (QED) is 0.724. The molecule has 1 aromatic carbocycles. The van der Waals surface area contributed by atoms with Crippen molar-refractivity contribution in [2.24, 2.45) is 0 Å². The SMILES string of the molecule is CCCNS(=O)(=O)Nc1ccc(N)cc1Br. The van der Waals surface area contributed by atoms with Crippen LogP contribution in [0.2, 0.25) is 0 Å². The molecule has 0 aromatic heterocycles. The molecular weight excluding hydrogens is 294 g/mol. The minimum Gasteiger partial charge on any atom is -0.399 e. The van der Waals surface area contributed by atoms with Crippen molar-refractivity contribution in [3.05, 3.63) is 22.7 Å². The van der Waals surface area contributed by atoms with Crippen molar-refractivity contribution in [2.45, 2.75) is 13.3 Å². The fraction of sp³-hybridized carbons (Fsp3) is 0.333. The molecule has 0 saturated heterocycles. The van der Waals surface area contributed by atoms with Gasteiger partial charge in [-0.05, 0) is 40.5 Å². The van der Waals surface area contributed by atoms with Crippen molar-refractivity contribution in [3.8, 4) is 0 Å². The van der Waals surface area contributed by atoms with Crippen LogP contribution in [0.15, 0.2) is 22.7 Å². The van der Waals surface area contributed by atoms with Gasteiger partial charge in [-0.25, -0.2) is 0 Å². The molecule has 0 bridgehead atoms. The summed E-state index contributed by atoms with van der Waals surface area (Å²) in [6, 6.07) is 4.87. The second kappa shape index (κ2) is 5.51. The molecule has 0 unspecified atom stereocenters. The molecule has 7 heteroatoms. The summed E-state index contributed by atoms with van der Waals surface area (Å²) in [5.74, 6) is 0. The van der Waals surface area contributed by atoms with Crippen LogP contribution >= 0.6 is 15.9 Å². The molecule has 16 heavy (non-hydrogen) atoms. The Labute approximate surface area is 104 Å². The Kier molecular flexibility index (Phi) is 4.57. The minimum absolute atomic E-state index is 0.405. The van der Waals surface area contributed by atoms with Crippen molar-refractivity contribution >= 4 is 37.5 Å². The molecule has 4 N–H and O–H groups in total. The number of anilines is 2. The Morgan fingerprint density at radius 3 is 2.69 bits per heavy atom. The predicted octanol–water partition coefficient (Wildman–Crippen LogP) is 1.69. The zero-order chi connectivity index (χ0) is 12.2. The molecule has 0 radical (unpaired) electrons. The highest BCUT2D eigenvalue weighted by molar-refractivity contribution is 9.10. The number of benzene rings is 1. The van der Waals surface area contributed by atoms with Gasteiger partial charge in [0.15, 0.2) is 0 Å². The van der Waals surface area contributed by atoms with Crippen molar-refractivity contribution in [1.29, 1.82) is 0 Å². The molecule has 0 fully saturated rings. The largest absolute Gasteiger partial charge is 0.399 e. The number of nitrogen functional groups attached to an aromatic ring is 1. The zero-order valence-corrected chi connectivity index (χ0v) is 11.2. The zero-order valence-electron chi connectivity index (χ0n) is 8.83. The van der Waals surface area contributed by atoms with Crippen LogP contribution in [-0.2, 0) is 10.2 Å². The normalized spacial score (nSPS) is 11.4. The molecule has 0 heterocycles. The van der Waals surface area contributed by atoms with Gasteiger partial charge in [0, 0.05) is 16.7 Å². The van der Waals surface area contributed by atoms with Crippen molar-refractivity contribution in [1.82, 2.24) is 4.72 Å². The van der Waals surface area contributed by atoms with Crippen LogP contribution in [-0.4, -0.2) is 15.0 Å². The molecule has 90 valence electrons. The van der Waals surface area contributed by atoms with E-state index in [4.69, 9.17) is 5.73 Å². The first kappa shape index (κ1) is 13.3. The Morgan fingerprint density at radius 1 is 1.44 bits per heavy atom. The lowest BCUT2D eigenvalue weighted by molar-refractivity contribution is 0.586. The number of nitrogens with two attached hydrogens (primary N) is 1. The Hall–Kier alpha value is -0.790. The van der Waals surface area contributed by atoms with Gasteiger partial charge < -0.3 is 5.73 Å². The van der Waals surface area contributed by atoms with E-state index in [0.717, 1.165) is 6.42 Å². The van der Waals surface area contributed by atoms with Gasteiger partial charge in [-0.1, -0.05) is 6.92 Å². The van der Waals surface area contributed by atoms with Crippen molar-refractivity contribution in [3.63, 3.8) is 0 Å². The molecule has 1 rings (SSSR count). The van der Waals surface area contributed by atoms with Crippen LogP contribution < -0.4 is 15.2 Å². The summed E-state index contributed by atoms with van der Waals surface area (Å²) in [6.07, 6.45) is 0.740. The molecule has 1 aromatic rings. The van der Waals surface area contributed by atoms with Crippen LogP contribution in [0.3, 0.4) is 0 Å². The highest BCUT2D eigenvalue weighted by Crippen LogP contribution is 2.25. The molecule has 5 nitrogen and oxygen atoms in total. The maximum atomic E-state index is 11.5. The van der Waals surface area contributed by atoms with Crippen molar-refractivity contribution in [2.75, 3.05) is 17.0 Å². The van der Waals surface area contributed by atoms with Gasteiger partial charge in [0.1, 0.15) is 0 Å². The highest BCUT2D eigenvalue weighted by atomic mass is 79.9. The highest BCUT2D eigenvalue weighted by Gasteiger charge is 2.10. The van der Waals surface area contributed by atoms with E-state index in [2.05, 4.69) is 25.4 Å². The van der Waals surface area contributed by atoms with E-state index in [0.29, 0.717) is 22.4 Å². The average molecular weight is 308 g/mol. The Balaban J connectivity index is 2.80. The lowest BCUT2D eigenvalue weighted by Gasteiger charge is -2.10. The Morgan fingerprint density at radius 2 is 2.12 bits per heavy atom. The smallest absolute Gasteiger partial charge is 0.299 e. The maximum absolute atomic E-state index is 11.5. The second-order valence-electron chi connectivity index (χ2n) is 3.24. The maximum Gasteiger partial charge on any atom is 0.299 e. The summed E-state index contributed by atoms with van der Waals surface area (Å²) in [6.45, 7) is 2.30. The van der Waals surface area contributed by atoms with Crippen molar-refractivity contribution < 1.29 is 8.42 Å². The summed E-state index contributed by atoms with van der Waals surface area (Å²) in [4.78, 5) is 0. The van der Waals surface area contributed by atoms with Gasteiger partial charge in [-0.15, -0.1) is 0 Å². The lowest BCUT2D eigenvalue weighted by atomic mass is 10.3. The first-order valence-electron chi connectivity index (χ1n) is 4.77. The van der Waals surface area contributed by atoms with Gasteiger partial charge in [0.2, 0.25) is 0 Å². The van der Waals surface area contributed by atoms with Crippen LogP contribution in [0.5, 0.6) is 0 Å². The van der Waals surface area contributed by atoms with Gasteiger partial charge in [0.05, 0.1) is 5.69 Å². The van der Waals surface area contributed by atoms with Crippen LogP contribution in [0, 0.1) is 0 Å². The molecule has 0 saturated carbocycles. The predicted molar refractivity (Wildman–Crippen MR) is 69.4 cm³/mol. The monoisotopic (exact) mass is 307 g/mol. The number of hydrogen-bond acceptors (Lipinski definition) is 3. The van der Waals surface area contributed by atoms with Gasteiger partial charge >= 0.3 is 0 Å². The third-order valence-electron chi connectivity index (χ3n) is 1.78. The van der Waals surface area contributed by atoms with Crippen LogP contribution in [0.1, 0.15) is 13.3 Å². The second-order valence-corrected chi connectivity index (χ2v) is 5.59. The van der Waals surface area contributed by atoms with Gasteiger partial charge in [-0.3, -0.25) is 4.72 Å². The molecule has 0 spiro atoms. The number of halogens is 1. The van der Waals surface area contributed by atoms with E-state index < -0.39 is 10.2 Å². The van der Waals surface area contributed by atoms with Gasteiger partial charge in [-0.2, -0.15) is 13.1 Å². The van der Waals surface area contributed by atoms with E-state index in [9.17, 15) is 8.42 Å². The lowest BCUT2D eigenvalue weighted by Crippen LogP contribution is -2.30. The number of nitrogens with one attached hydrogen (secondary N) is 2. The van der Waals surface area contributed by atoms with Gasteiger partial charge in [0.25, 0.3) is 10.2 Å². The number of rotatable bonds is 5. The first-order valence-corrected chi connectivity index (χ1v) is 7.04. The van der Waals surface area contributed by atoms with E-state index in [1.807, 2.05) is 6.92 Å². The Bertz CT molecular complexity index is 462. The fourth-order valence-corrected chi connectivity index (χ4v) is 2.67. The molecule has 0 aliphatic carbocycles.